The summed E-state index contributed by atoms with van der Waals surface area (Å²) in [5.74, 6) is 0.685. The largest absolute Gasteiger partial charge is 0.383 e. The van der Waals surface area contributed by atoms with Crippen molar-refractivity contribution >= 4 is 44.5 Å². The fraction of sp³-hybridized carbons (Fsp3) is 0.0909. The molecule has 0 fully saturated rings. The maximum absolute atomic E-state index is 12.5. The normalized spacial score (nSPS) is 10.8. The molecule has 1 aromatic carbocycles. The molecule has 0 aliphatic rings. The summed E-state index contributed by atoms with van der Waals surface area (Å²) in [4.78, 5) is 25.2. The van der Waals surface area contributed by atoms with E-state index in [1.54, 1.807) is 30.5 Å². The Kier molecular flexibility index (Phi) is 5.58. The lowest BCUT2D eigenvalue weighted by atomic mass is 10.0. The molecule has 8 heteroatoms. The van der Waals surface area contributed by atoms with E-state index in [1.807, 2.05) is 28.8 Å². The lowest BCUT2D eigenvalue weighted by molar-refractivity contribution is 0.102. The summed E-state index contributed by atoms with van der Waals surface area (Å²) in [5, 5.41) is 3.56. The minimum atomic E-state index is -0.226. The fourth-order valence-corrected chi connectivity index (χ4v) is 4.04. The molecule has 0 aliphatic heterocycles. The van der Waals surface area contributed by atoms with Crippen LogP contribution in [0, 0.1) is 0 Å². The number of nitrogens with zero attached hydrogens (tertiary/aromatic N) is 4. The minimum Gasteiger partial charge on any atom is -0.383 e. The number of carbonyl (C=O) groups excluding carboxylic acids is 1. The molecule has 0 atom stereocenters. The second-order valence-corrected chi connectivity index (χ2v) is 7.35. The number of anilines is 2. The van der Waals surface area contributed by atoms with E-state index in [9.17, 15) is 4.79 Å². The average molecular weight is 463 g/mol. The van der Waals surface area contributed by atoms with Gasteiger partial charge in [0.2, 0.25) is 0 Å². The van der Waals surface area contributed by atoms with Gasteiger partial charge in [-0.1, -0.05) is 24.3 Å². The summed E-state index contributed by atoms with van der Waals surface area (Å²) in [6.07, 6.45) is 5.74. The molecule has 0 unspecified atom stereocenters. The first-order valence-electron chi connectivity index (χ1n) is 9.32. The summed E-state index contributed by atoms with van der Waals surface area (Å²) < 4.78 is 2.91. The fourth-order valence-electron chi connectivity index (χ4n) is 3.27. The molecule has 150 valence electrons. The first-order chi connectivity index (χ1) is 14.6. The van der Waals surface area contributed by atoms with Crippen LogP contribution in [0.25, 0.3) is 22.2 Å². The molecule has 0 saturated heterocycles. The van der Waals surface area contributed by atoms with E-state index < -0.39 is 0 Å². The number of benzene rings is 1. The zero-order chi connectivity index (χ0) is 21.1. The van der Waals surface area contributed by atoms with E-state index in [2.05, 4.69) is 42.8 Å². The minimum absolute atomic E-state index is 0.226. The zero-order valence-corrected chi connectivity index (χ0v) is 17.6. The van der Waals surface area contributed by atoms with E-state index in [1.165, 1.54) is 6.33 Å². The molecule has 7 nitrogen and oxygen atoms in total. The Morgan fingerprint density at radius 1 is 1.17 bits per heavy atom. The molecule has 0 bridgehead atoms. The summed E-state index contributed by atoms with van der Waals surface area (Å²) in [5.41, 5.74) is 9.27. The zero-order valence-electron chi connectivity index (χ0n) is 16.0. The van der Waals surface area contributed by atoms with Gasteiger partial charge in [-0.15, -0.1) is 6.58 Å². The molecule has 3 N–H and O–H groups in total. The van der Waals surface area contributed by atoms with Crippen molar-refractivity contribution in [2.24, 2.45) is 0 Å². The number of nitrogens with two attached hydrogens (primary N) is 1. The molecule has 0 aliphatic carbocycles. The maximum atomic E-state index is 12.5. The van der Waals surface area contributed by atoms with Gasteiger partial charge in [0, 0.05) is 23.9 Å². The van der Waals surface area contributed by atoms with Gasteiger partial charge in [0.1, 0.15) is 23.6 Å². The van der Waals surface area contributed by atoms with Crippen molar-refractivity contribution in [3.63, 3.8) is 0 Å². The van der Waals surface area contributed by atoms with Gasteiger partial charge in [-0.3, -0.25) is 4.79 Å². The second-order valence-electron chi connectivity index (χ2n) is 6.60. The molecule has 4 rings (SSSR count). The Hall–Kier alpha value is -3.52. The molecule has 4 aromatic rings. The highest BCUT2D eigenvalue weighted by atomic mass is 79.9. The van der Waals surface area contributed by atoms with Crippen LogP contribution in [0.1, 0.15) is 16.8 Å². The van der Waals surface area contributed by atoms with Crippen LogP contribution in [0.2, 0.25) is 0 Å². The number of hydrogen-bond donors (Lipinski definition) is 2. The molecule has 3 heterocycles. The highest BCUT2D eigenvalue weighted by Crippen LogP contribution is 2.39. The van der Waals surface area contributed by atoms with Gasteiger partial charge in [-0.25, -0.2) is 15.0 Å². The lowest BCUT2D eigenvalue weighted by Crippen LogP contribution is -2.12. The van der Waals surface area contributed by atoms with Gasteiger partial charge in [0.15, 0.2) is 0 Å². The number of pyridine rings is 1. The molecule has 0 saturated carbocycles. The van der Waals surface area contributed by atoms with E-state index in [4.69, 9.17) is 5.73 Å². The lowest BCUT2D eigenvalue weighted by Gasteiger charge is -2.07. The van der Waals surface area contributed by atoms with Crippen molar-refractivity contribution in [3.05, 3.63) is 77.8 Å². The molecule has 1 amide bonds. The predicted octanol–water partition coefficient (Wildman–Crippen LogP) is 4.67. The second kappa shape index (κ2) is 8.46. The van der Waals surface area contributed by atoms with Gasteiger partial charge in [0.25, 0.3) is 5.91 Å². The Bertz CT molecular complexity index is 1220. The number of carbonyl (C=O) groups is 1. The number of rotatable bonds is 6. The third-order valence-corrected chi connectivity index (χ3v) is 5.53. The Morgan fingerprint density at radius 2 is 1.97 bits per heavy atom. The first kappa shape index (κ1) is 19.8. The topological polar surface area (TPSA) is 98.7 Å². The summed E-state index contributed by atoms with van der Waals surface area (Å²) in [6, 6.07) is 12.7. The van der Waals surface area contributed by atoms with Crippen molar-refractivity contribution in [2.45, 2.75) is 13.0 Å². The van der Waals surface area contributed by atoms with Gasteiger partial charge in [-0.2, -0.15) is 0 Å². The van der Waals surface area contributed by atoms with E-state index >= 15 is 0 Å². The highest BCUT2D eigenvalue weighted by molar-refractivity contribution is 9.10. The van der Waals surface area contributed by atoms with Crippen LogP contribution in [-0.2, 0) is 6.54 Å². The van der Waals surface area contributed by atoms with E-state index in [0.717, 1.165) is 33.2 Å². The number of allylic oxidation sites excluding steroid dienone is 1. The van der Waals surface area contributed by atoms with Crippen LogP contribution >= 0.6 is 15.9 Å². The predicted molar refractivity (Wildman–Crippen MR) is 122 cm³/mol. The third-order valence-electron chi connectivity index (χ3n) is 4.70. The van der Waals surface area contributed by atoms with Crippen LogP contribution in [0.3, 0.4) is 0 Å². The molecule has 0 radical (unpaired) electrons. The quantitative estimate of drug-likeness (QED) is 0.405. The summed E-state index contributed by atoms with van der Waals surface area (Å²) in [6.45, 7) is 4.51. The highest BCUT2D eigenvalue weighted by Gasteiger charge is 2.20. The molecule has 3 aromatic heterocycles. The number of fused-ring (bicyclic) bond motifs is 1. The number of aromatic nitrogens is 4. The van der Waals surface area contributed by atoms with Crippen molar-refractivity contribution in [1.82, 2.24) is 19.5 Å². The van der Waals surface area contributed by atoms with Gasteiger partial charge < -0.3 is 15.6 Å². The molecular formula is C22H19BrN6O. The number of amides is 1. The molecular weight excluding hydrogens is 444 g/mol. The van der Waals surface area contributed by atoms with E-state index in [-0.39, 0.29) is 5.91 Å². The monoisotopic (exact) mass is 462 g/mol. The van der Waals surface area contributed by atoms with Crippen LogP contribution < -0.4 is 11.1 Å². The van der Waals surface area contributed by atoms with Crippen molar-refractivity contribution in [1.29, 1.82) is 0 Å². The van der Waals surface area contributed by atoms with Crippen molar-refractivity contribution in [3.8, 4) is 11.1 Å². The van der Waals surface area contributed by atoms with Gasteiger partial charge >= 0.3 is 0 Å². The standard InChI is InChI=1S/C22H19BrN6O/c1-2-3-12-29-19(23)17(18-20(24)26-13-27-21(18)29)14-7-9-15(10-8-14)22(30)28-16-6-4-5-11-25-16/h2,4-11,13H,1,3,12H2,(H2,24,26,27)(H,25,28,30). The maximum Gasteiger partial charge on any atom is 0.256 e. The number of halogens is 1. The third kappa shape index (κ3) is 3.69. The van der Waals surface area contributed by atoms with Gasteiger partial charge in [0.05, 0.1) is 9.99 Å². The van der Waals surface area contributed by atoms with Crippen molar-refractivity contribution in [2.75, 3.05) is 11.1 Å². The van der Waals surface area contributed by atoms with Crippen LogP contribution in [0.5, 0.6) is 0 Å². The Balaban J connectivity index is 1.71. The Labute approximate surface area is 181 Å². The smallest absolute Gasteiger partial charge is 0.256 e. The summed E-state index contributed by atoms with van der Waals surface area (Å²) in [7, 11) is 0. The SMILES string of the molecule is C=CCCn1c(Br)c(-c2ccc(C(=O)Nc3ccccn3)cc2)c2c(N)ncnc21. The molecule has 0 spiro atoms. The van der Waals surface area contributed by atoms with Crippen LogP contribution in [0.4, 0.5) is 11.6 Å². The number of nitrogens with one attached hydrogen (secondary N) is 1. The number of nitrogen functional groups attached to an aromatic ring is 1. The number of hydrogen-bond acceptors (Lipinski definition) is 5. The van der Waals surface area contributed by atoms with Crippen LogP contribution in [0.15, 0.2) is 72.2 Å². The van der Waals surface area contributed by atoms with Crippen molar-refractivity contribution < 1.29 is 4.79 Å². The number of aryl methyl sites for hydroxylation is 1. The first-order valence-corrected chi connectivity index (χ1v) is 10.1. The van der Waals surface area contributed by atoms with Gasteiger partial charge in [-0.05, 0) is 52.2 Å². The summed E-state index contributed by atoms with van der Waals surface area (Å²) >= 11 is 3.71. The molecule has 30 heavy (non-hydrogen) atoms. The average Bonchev–Trinajstić information content (AvgIpc) is 3.05. The Morgan fingerprint density at radius 3 is 2.67 bits per heavy atom. The van der Waals surface area contributed by atoms with E-state index in [0.29, 0.717) is 23.7 Å². The van der Waals surface area contributed by atoms with Crippen LogP contribution in [-0.4, -0.2) is 25.4 Å².